The normalized spacial score (nSPS) is 11.7. The lowest BCUT2D eigenvalue weighted by Crippen LogP contribution is -2.17. The Bertz CT molecular complexity index is 1190. The summed E-state index contributed by atoms with van der Waals surface area (Å²) in [6.07, 6.45) is 0. The molecular weight excluding hydrogens is 410 g/mol. The zero-order chi connectivity index (χ0) is 21.3. The Balaban J connectivity index is 2.11. The third-order valence-corrected chi connectivity index (χ3v) is 6.08. The molecule has 0 saturated carbocycles. The van der Waals surface area contributed by atoms with Crippen LogP contribution in [0.25, 0.3) is 11.3 Å². The number of carbonyl (C=O) groups is 1. The number of amides is 1. The highest BCUT2D eigenvalue weighted by atomic mass is 35.5. The second-order valence-corrected chi connectivity index (χ2v) is 8.26. The first kappa shape index (κ1) is 21.0. The standard InChI is InChI=1S/C21H20ClN3O3S/c1-5-24-19(15-7-6-12(2)13(3)10-15)14(4)29-21(24)23-20(26)16-8-9-17(22)18(11-16)25(27)28/h6-11H,5H2,1-4H3. The average molecular weight is 430 g/mol. The lowest BCUT2D eigenvalue weighted by atomic mass is 10.0. The first-order valence-electron chi connectivity index (χ1n) is 9.03. The van der Waals surface area contributed by atoms with Crippen LogP contribution >= 0.6 is 22.9 Å². The Hall–Kier alpha value is -2.77. The predicted molar refractivity (Wildman–Crippen MR) is 116 cm³/mol. The molecule has 6 nitrogen and oxygen atoms in total. The zero-order valence-electron chi connectivity index (χ0n) is 16.5. The van der Waals surface area contributed by atoms with Gasteiger partial charge in [0.25, 0.3) is 11.6 Å². The molecule has 0 atom stereocenters. The number of hydrogen-bond acceptors (Lipinski definition) is 4. The van der Waals surface area contributed by atoms with Gasteiger partial charge in [0.15, 0.2) is 4.80 Å². The minimum atomic E-state index is -0.613. The average Bonchev–Trinajstić information content (AvgIpc) is 2.98. The number of carbonyl (C=O) groups excluding carboxylic acids is 1. The number of thiazole rings is 1. The summed E-state index contributed by atoms with van der Waals surface area (Å²) in [4.78, 5) is 29.0. The Labute approximate surface area is 177 Å². The Morgan fingerprint density at radius 3 is 2.52 bits per heavy atom. The lowest BCUT2D eigenvalue weighted by Gasteiger charge is -2.10. The molecule has 0 unspecified atom stereocenters. The molecule has 8 heteroatoms. The minimum Gasteiger partial charge on any atom is -0.316 e. The van der Waals surface area contributed by atoms with Crippen LogP contribution in [-0.4, -0.2) is 15.4 Å². The maximum absolute atomic E-state index is 12.7. The highest BCUT2D eigenvalue weighted by Crippen LogP contribution is 2.28. The van der Waals surface area contributed by atoms with Gasteiger partial charge in [-0.05, 0) is 62.6 Å². The summed E-state index contributed by atoms with van der Waals surface area (Å²) in [5, 5.41) is 11.1. The van der Waals surface area contributed by atoms with Crippen LogP contribution in [0, 0.1) is 30.9 Å². The summed E-state index contributed by atoms with van der Waals surface area (Å²) in [7, 11) is 0. The summed E-state index contributed by atoms with van der Waals surface area (Å²) in [5.74, 6) is -0.542. The van der Waals surface area contributed by atoms with Crippen molar-refractivity contribution in [2.45, 2.75) is 34.2 Å². The number of nitro benzene ring substituents is 1. The predicted octanol–water partition coefficient (Wildman–Crippen LogP) is 5.46. The quantitative estimate of drug-likeness (QED) is 0.407. The topological polar surface area (TPSA) is 77.5 Å². The second kappa shape index (κ2) is 8.31. The van der Waals surface area contributed by atoms with E-state index in [9.17, 15) is 14.9 Å². The van der Waals surface area contributed by atoms with Crippen LogP contribution in [-0.2, 0) is 6.54 Å². The molecular formula is C21H20ClN3O3S. The smallest absolute Gasteiger partial charge is 0.288 e. The summed E-state index contributed by atoms with van der Waals surface area (Å²) in [6.45, 7) is 8.77. The number of hydrogen-bond donors (Lipinski definition) is 0. The molecule has 0 N–H and O–H groups in total. The molecule has 29 heavy (non-hydrogen) atoms. The fourth-order valence-corrected chi connectivity index (χ4v) is 4.33. The van der Waals surface area contributed by atoms with E-state index in [-0.39, 0.29) is 16.3 Å². The van der Waals surface area contributed by atoms with Crippen LogP contribution in [0.3, 0.4) is 0 Å². The van der Waals surface area contributed by atoms with E-state index in [0.29, 0.717) is 11.3 Å². The van der Waals surface area contributed by atoms with Crippen molar-refractivity contribution in [3.63, 3.8) is 0 Å². The molecule has 0 saturated heterocycles. The van der Waals surface area contributed by atoms with E-state index < -0.39 is 10.8 Å². The van der Waals surface area contributed by atoms with Gasteiger partial charge in [-0.1, -0.05) is 23.7 Å². The van der Waals surface area contributed by atoms with Gasteiger partial charge >= 0.3 is 0 Å². The van der Waals surface area contributed by atoms with Crippen molar-refractivity contribution in [1.82, 2.24) is 4.57 Å². The molecule has 1 heterocycles. The third kappa shape index (κ3) is 4.16. The van der Waals surface area contributed by atoms with Crippen molar-refractivity contribution in [3.8, 4) is 11.3 Å². The van der Waals surface area contributed by atoms with E-state index in [1.165, 1.54) is 34.6 Å². The maximum Gasteiger partial charge on any atom is 0.288 e. The molecule has 0 aliphatic heterocycles. The van der Waals surface area contributed by atoms with Gasteiger partial charge in [0, 0.05) is 23.1 Å². The molecule has 3 rings (SSSR count). The SMILES string of the molecule is CCn1c(-c2ccc(C)c(C)c2)c(C)sc1=NC(=O)c1ccc(Cl)c([N+](=O)[O-])c1. The van der Waals surface area contributed by atoms with Crippen LogP contribution < -0.4 is 4.80 Å². The zero-order valence-corrected chi connectivity index (χ0v) is 18.1. The van der Waals surface area contributed by atoms with Gasteiger partial charge in [-0.3, -0.25) is 14.9 Å². The molecule has 0 spiro atoms. The van der Waals surface area contributed by atoms with Gasteiger partial charge in [-0.25, -0.2) is 0 Å². The number of rotatable bonds is 4. The number of nitro groups is 1. The van der Waals surface area contributed by atoms with Gasteiger partial charge in [-0.2, -0.15) is 4.99 Å². The van der Waals surface area contributed by atoms with Gasteiger partial charge in [0.2, 0.25) is 0 Å². The lowest BCUT2D eigenvalue weighted by molar-refractivity contribution is -0.384. The minimum absolute atomic E-state index is 0.0147. The summed E-state index contributed by atoms with van der Waals surface area (Å²) < 4.78 is 1.99. The second-order valence-electron chi connectivity index (χ2n) is 6.67. The molecule has 1 amide bonds. The molecule has 2 aromatic carbocycles. The van der Waals surface area contributed by atoms with E-state index >= 15 is 0 Å². The number of aryl methyl sites for hydroxylation is 3. The first-order valence-corrected chi connectivity index (χ1v) is 10.2. The molecule has 1 aromatic heterocycles. The van der Waals surface area contributed by atoms with E-state index in [2.05, 4.69) is 37.0 Å². The summed E-state index contributed by atoms with van der Waals surface area (Å²) in [5.41, 5.74) is 4.32. The van der Waals surface area contributed by atoms with E-state index in [1.807, 2.05) is 18.4 Å². The molecule has 3 aromatic rings. The number of benzene rings is 2. The van der Waals surface area contributed by atoms with Crippen molar-refractivity contribution in [3.05, 3.63) is 77.9 Å². The van der Waals surface area contributed by atoms with E-state index in [1.54, 1.807) is 0 Å². The maximum atomic E-state index is 12.7. The molecule has 0 aliphatic rings. The van der Waals surface area contributed by atoms with Crippen LogP contribution in [0.5, 0.6) is 0 Å². The van der Waals surface area contributed by atoms with E-state index in [0.717, 1.165) is 22.2 Å². The number of halogens is 1. The van der Waals surface area contributed by atoms with Crippen molar-refractivity contribution in [2.75, 3.05) is 0 Å². The number of aromatic nitrogens is 1. The molecule has 0 aliphatic carbocycles. The number of nitrogens with zero attached hydrogens (tertiary/aromatic N) is 3. The molecule has 150 valence electrons. The summed E-state index contributed by atoms with van der Waals surface area (Å²) in [6, 6.07) is 10.2. The van der Waals surface area contributed by atoms with Crippen molar-refractivity contribution in [2.24, 2.45) is 4.99 Å². The van der Waals surface area contributed by atoms with Crippen molar-refractivity contribution in [1.29, 1.82) is 0 Å². The van der Waals surface area contributed by atoms with Gasteiger partial charge in [0.05, 0.1) is 10.6 Å². The Morgan fingerprint density at radius 1 is 1.17 bits per heavy atom. The third-order valence-electron chi connectivity index (χ3n) is 4.76. The van der Waals surface area contributed by atoms with E-state index in [4.69, 9.17) is 11.6 Å². The highest BCUT2D eigenvalue weighted by Gasteiger charge is 2.17. The highest BCUT2D eigenvalue weighted by molar-refractivity contribution is 7.09. The summed E-state index contributed by atoms with van der Waals surface area (Å²) >= 11 is 7.26. The molecule has 0 fully saturated rings. The van der Waals surface area contributed by atoms with Crippen LogP contribution in [0.4, 0.5) is 5.69 Å². The fraction of sp³-hybridized carbons (Fsp3) is 0.238. The van der Waals surface area contributed by atoms with Gasteiger partial charge in [0.1, 0.15) is 5.02 Å². The molecule has 0 bridgehead atoms. The Morgan fingerprint density at radius 2 is 1.90 bits per heavy atom. The molecule has 0 radical (unpaired) electrons. The Kier molecular flexibility index (Phi) is 6.00. The first-order chi connectivity index (χ1) is 13.7. The van der Waals surface area contributed by atoms with Gasteiger partial charge in [-0.15, -0.1) is 11.3 Å². The largest absolute Gasteiger partial charge is 0.316 e. The monoisotopic (exact) mass is 429 g/mol. The van der Waals surface area contributed by atoms with Crippen LogP contribution in [0.1, 0.15) is 33.3 Å². The van der Waals surface area contributed by atoms with Crippen molar-refractivity contribution >= 4 is 34.5 Å². The van der Waals surface area contributed by atoms with Crippen LogP contribution in [0.15, 0.2) is 41.4 Å². The van der Waals surface area contributed by atoms with Crippen molar-refractivity contribution < 1.29 is 9.72 Å². The van der Waals surface area contributed by atoms with Gasteiger partial charge < -0.3 is 4.57 Å². The fourth-order valence-electron chi connectivity index (χ4n) is 3.09. The van der Waals surface area contributed by atoms with Crippen LogP contribution in [0.2, 0.25) is 5.02 Å².